The van der Waals surface area contributed by atoms with Crippen molar-refractivity contribution < 1.29 is 19.1 Å². The summed E-state index contributed by atoms with van der Waals surface area (Å²) >= 11 is 0. The van der Waals surface area contributed by atoms with Crippen molar-refractivity contribution in [2.45, 2.75) is 0 Å². The number of hydrogen-bond acceptors (Lipinski definition) is 5. The van der Waals surface area contributed by atoms with Crippen molar-refractivity contribution in [1.82, 2.24) is 0 Å². The molecule has 0 saturated heterocycles. The summed E-state index contributed by atoms with van der Waals surface area (Å²) in [7, 11) is 2.30. The SMILES string of the molecule is COC(=O)C(=CN)C(=O)OC. The van der Waals surface area contributed by atoms with Gasteiger partial charge in [-0.3, -0.25) is 0 Å². The van der Waals surface area contributed by atoms with Gasteiger partial charge in [0.05, 0.1) is 14.2 Å². The van der Waals surface area contributed by atoms with Crippen molar-refractivity contribution in [3.05, 3.63) is 11.8 Å². The summed E-state index contributed by atoms with van der Waals surface area (Å²) < 4.78 is 8.48. The van der Waals surface area contributed by atoms with Crippen LogP contribution in [-0.4, -0.2) is 26.2 Å². The van der Waals surface area contributed by atoms with E-state index in [9.17, 15) is 9.59 Å². The van der Waals surface area contributed by atoms with Crippen LogP contribution in [0.3, 0.4) is 0 Å². The summed E-state index contributed by atoms with van der Waals surface area (Å²) in [5, 5.41) is 0. The van der Waals surface area contributed by atoms with Gasteiger partial charge in [0.15, 0.2) is 5.57 Å². The number of carbonyl (C=O) groups is 2. The van der Waals surface area contributed by atoms with Gasteiger partial charge in [-0.2, -0.15) is 0 Å². The highest BCUT2D eigenvalue weighted by Gasteiger charge is 2.18. The van der Waals surface area contributed by atoms with E-state index in [4.69, 9.17) is 5.73 Å². The maximum Gasteiger partial charge on any atom is 0.346 e. The first-order valence-corrected chi connectivity index (χ1v) is 2.76. The number of nitrogens with two attached hydrogens (primary N) is 1. The number of rotatable bonds is 2. The van der Waals surface area contributed by atoms with Crippen LogP contribution in [0.15, 0.2) is 11.8 Å². The minimum absolute atomic E-state index is 0.310. The molecule has 0 fully saturated rings. The summed E-state index contributed by atoms with van der Waals surface area (Å²) in [6, 6.07) is 0. The normalized spacial score (nSPS) is 8.18. The van der Waals surface area contributed by atoms with Gasteiger partial charge in [0.1, 0.15) is 0 Å². The molecular formula is C6H9NO4. The molecule has 2 N–H and O–H groups in total. The Kier molecular flexibility index (Phi) is 3.72. The van der Waals surface area contributed by atoms with Crippen molar-refractivity contribution in [2.24, 2.45) is 5.73 Å². The Hall–Kier alpha value is -1.52. The van der Waals surface area contributed by atoms with Crippen LogP contribution in [-0.2, 0) is 19.1 Å². The molecule has 5 heteroatoms. The predicted molar refractivity (Wildman–Crippen MR) is 36.3 cm³/mol. The molecule has 0 bridgehead atoms. The first-order valence-electron chi connectivity index (χ1n) is 2.76. The molecule has 11 heavy (non-hydrogen) atoms. The average Bonchev–Trinajstić information content (AvgIpc) is 2.05. The first kappa shape index (κ1) is 9.48. The van der Waals surface area contributed by atoms with Crippen LogP contribution in [0.25, 0.3) is 0 Å². The fourth-order valence-electron chi connectivity index (χ4n) is 0.439. The Labute approximate surface area is 63.8 Å². The summed E-state index contributed by atoms with van der Waals surface area (Å²) in [5.41, 5.74) is 4.65. The molecule has 0 atom stereocenters. The van der Waals surface area contributed by atoms with Crippen molar-refractivity contribution >= 4 is 11.9 Å². The number of hydrogen-bond donors (Lipinski definition) is 1. The van der Waals surface area contributed by atoms with E-state index in [0.29, 0.717) is 0 Å². The van der Waals surface area contributed by atoms with Crippen LogP contribution >= 0.6 is 0 Å². The molecule has 0 unspecified atom stereocenters. The molecule has 0 saturated carbocycles. The Balaban J connectivity index is 4.43. The van der Waals surface area contributed by atoms with E-state index in [-0.39, 0.29) is 5.57 Å². The van der Waals surface area contributed by atoms with Gasteiger partial charge in [-0.15, -0.1) is 0 Å². The lowest BCUT2D eigenvalue weighted by Crippen LogP contribution is -2.17. The van der Waals surface area contributed by atoms with Gasteiger partial charge in [-0.05, 0) is 0 Å². The van der Waals surface area contributed by atoms with E-state index < -0.39 is 11.9 Å². The van der Waals surface area contributed by atoms with Gasteiger partial charge < -0.3 is 15.2 Å². The number of ether oxygens (including phenoxy) is 2. The predicted octanol–water partition coefficient (Wildman–Crippen LogP) is -0.825. The fraction of sp³-hybridized carbons (Fsp3) is 0.333. The largest absolute Gasteiger partial charge is 0.465 e. The molecule has 0 heterocycles. The minimum atomic E-state index is -0.806. The summed E-state index contributed by atoms with van der Waals surface area (Å²) in [6.07, 6.45) is 0.845. The second-order valence-corrected chi connectivity index (χ2v) is 1.56. The highest BCUT2D eigenvalue weighted by molar-refractivity contribution is 6.13. The molecule has 0 aliphatic carbocycles. The lowest BCUT2D eigenvalue weighted by atomic mass is 10.3. The highest BCUT2D eigenvalue weighted by atomic mass is 16.5. The molecule has 0 aromatic heterocycles. The number of esters is 2. The first-order chi connectivity index (χ1) is 5.17. The Morgan fingerprint density at radius 2 is 1.55 bits per heavy atom. The van der Waals surface area contributed by atoms with Crippen molar-refractivity contribution in [3.8, 4) is 0 Å². The Bertz CT molecular complexity index is 179. The van der Waals surface area contributed by atoms with Gasteiger partial charge in [0, 0.05) is 6.20 Å². The molecule has 5 nitrogen and oxygen atoms in total. The molecular weight excluding hydrogens is 150 g/mol. The van der Waals surface area contributed by atoms with Crippen LogP contribution in [0.4, 0.5) is 0 Å². The smallest absolute Gasteiger partial charge is 0.346 e. The van der Waals surface area contributed by atoms with Crippen molar-refractivity contribution in [2.75, 3.05) is 14.2 Å². The molecule has 0 amide bonds. The van der Waals surface area contributed by atoms with Crippen LogP contribution in [0.1, 0.15) is 0 Å². The van der Waals surface area contributed by atoms with E-state index in [1.165, 1.54) is 0 Å². The molecule has 0 rings (SSSR count). The quantitative estimate of drug-likeness (QED) is 0.246. The zero-order valence-corrected chi connectivity index (χ0v) is 6.29. The van der Waals surface area contributed by atoms with Crippen molar-refractivity contribution in [1.29, 1.82) is 0 Å². The van der Waals surface area contributed by atoms with Crippen molar-refractivity contribution in [3.63, 3.8) is 0 Å². The second-order valence-electron chi connectivity index (χ2n) is 1.56. The summed E-state index contributed by atoms with van der Waals surface area (Å²) in [4.78, 5) is 21.3. The van der Waals surface area contributed by atoms with E-state index in [1.54, 1.807) is 0 Å². The van der Waals surface area contributed by atoms with Crippen LogP contribution in [0, 0.1) is 0 Å². The van der Waals surface area contributed by atoms with Crippen LogP contribution in [0.5, 0.6) is 0 Å². The number of carbonyl (C=O) groups excluding carboxylic acids is 2. The molecule has 0 spiro atoms. The molecule has 0 radical (unpaired) electrons. The van der Waals surface area contributed by atoms with E-state index in [0.717, 1.165) is 20.4 Å². The molecule has 0 aliphatic rings. The third-order valence-electron chi connectivity index (χ3n) is 0.977. The van der Waals surface area contributed by atoms with E-state index >= 15 is 0 Å². The van der Waals surface area contributed by atoms with E-state index in [1.807, 2.05) is 0 Å². The zero-order valence-electron chi connectivity index (χ0n) is 6.29. The third-order valence-corrected chi connectivity index (χ3v) is 0.977. The maximum atomic E-state index is 10.7. The molecule has 62 valence electrons. The highest BCUT2D eigenvalue weighted by Crippen LogP contribution is 1.97. The van der Waals surface area contributed by atoms with Gasteiger partial charge in [-0.25, -0.2) is 9.59 Å². The molecule has 0 aliphatic heterocycles. The van der Waals surface area contributed by atoms with Crippen LogP contribution in [0.2, 0.25) is 0 Å². The fourth-order valence-corrected chi connectivity index (χ4v) is 0.439. The minimum Gasteiger partial charge on any atom is -0.465 e. The summed E-state index contributed by atoms with van der Waals surface area (Å²) in [6.45, 7) is 0. The topological polar surface area (TPSA) is 78.6 Å². The van der Waals surface area contributed by atoms with Gasteiger partial charge in [0.2, 0.25) is 0 Å². The van der Waals surface area contributed by atoms with E-state index in [2.05, 4.69) is 9.47 Å². The van der Waals surface area contributed by atoms with Gasteiger partial charge in [-0.1, -0.05) is 0 Å². The zero-order chi connectivity index (χ0) is 8.85. The molecule has 0 aromatic carbocycles. The average molecular weight is 159 g/mol. The van der Waals surface area contributed by atoms with Crippen LogP contribution < -0.4 is 5.73 Å². The maximum absolute atomic E-state index is 10.7. The molecule has 0 aromatic rings. The third kappa shape index (κ3) is 2.29. The Morgan fingerprint density at radius 3 is 1.73 bits per heavy atom. The second kappa shape index (κ2) is 4.32. The monoisotopic (exact) mass is 159 g/mol. The lowest BCUT2D eigenvalue weighted by molar-refractivity contribution is -0.144. The van der Waals surface area contributed by atoms with Gasteiger partial charge in [0.25, 0.3) is 0 Å². The lowest BCUT2D eigenvalue weighted by Gasteiger charge is -2.00. The van der Waals surface area contributed by atoms with Gasteiger partial charge >= 0.3 is 11.9 Å². The summed E-state index contributed by atoms with van der Waals surface area (Å²) in [5.74, 6) is -1.61. The number of methoxy groups -OCH3 is 2. The standard InChI is InChI=1S/C6H9NO4/c1-10-5(8)4(3-7)6(9)11-2/h3H,7H2,1-2H3. The Morgan fingerprint density at radius 1 is 1.18 bits per heavy atom.